The van der Waals surface area contributed by atoms with Crippen molar-refractivity contribution in [2.75, 3.05) is 6.54 Å². The number of nitrogens with one attached hydrogen (secondary N) is 1. The van der Waals surface area contributed by atoms with E-state index in [0.717, 1.165) is 42.3 Å². The topological polar surface area (TPSA) is 29.9 Å². The van der Waals surface area contributed by atoms with Crippen LogP contribution in [0.15, 0.2) is 30.6 Å². The number of aromatic nitrogens is 2. The van der Waals surface area contributed by atoms with Gasteiger partial charge in [-0.1, -0.05) is 30.7 Å². The second-order valence-electron chi connectivity index (χ2n) is 5.34. The van der Waals surface area contributed by atoms with Crippen molar-refractivity contribution >= 4 is 11.6 Å². The predicted octanol–water partition coefficient (Wildman–Crippen LogP) is 4.21. The quantitative estimate of drug-likeness (QED) is 0.830. The number of halogens is 1. The molecule has 0 aliphatic heterocycles. The van der Waals surface area contributed by atoms with E-state index in [1.54, 1.807) is 0 Å². The zero-order valence-electron chi connectivity index (χ0n) is 13.1. The van der Waals surface area contributed by atoms with Crippen molar-refractivity contribution in [2.24, 2.45) is 0 Å². The van der Waals surface area contributed by atoms with Crippen molar-refractivity contribution in [1.82, 2.24) is 14.9 Å². The van der Waals surface area contributed by atoms with Crippen LogP contribution < -0.4 is 5.32 Å². The second kappa shape index (κ2) is 7.62. The third kappa shape index (κ3) is 4.08. The van der Waals surface area contributed by atoms with Crippen LogP contribution in [-0.4, -0.2) is 16.1 Å². The molecule has 1 aromatic carbocycles. The largest absolute Gasteiger partial charge is 0.335 e. The van der Waals surface area contributed by atoms with Crippen LogP contribution in [0.2, 0.25) is 5.02 Å². The van der Waals surface area contributed by atoms with E-state index in [4.69, 9.17) is 11.6 Å². The third-order valence-electron chi connectivity index (χ3n) is 3.74. The fourth-order valence-electron chi connectivity index (χ4n) is 2.48. The predicted molar refractivity (Wildman–Crippen MR) is 88.9 cm³/mol. The van der Waals surface area contributed by atoms with E-state index in [-0.39, 0.29) is 6.04 Å². The van der Waals surface area contributed by atoms with Crippen LogP contribution in [0.5, 0.6) is 0 Å². The summed E-state index contributed by atoms with van der Waals surface area (Å²) in [5, 5.41) is 4.30. The fraction of sp³-hybridized carbons (Fsp3) is 0.471. The molecule has 0 aliphatic carbocycles. The minimum absolute atomic E-state index is 0.282. The molecule has 4 heteroatoms. The number of aryl methyl sites for hydroxylation is 1. The Balaban J connectivity index is 2.11. The summed E-state index contributed by atoms with van der Waals surface area (Å²) in [5.74, 6) is 1.08. The second-order valence-corrected chi connectivity index (χ2v) is 5.75. The lowest BCUT2D eigenvalue weighted by Crippen LogP contribution is -2.19. The maximum absolute atomic E-state index is 6.45. The van der Waals surface area contributed by atoms with E-state index >= 15 is 0 Å². The van der Waals surface area contributed by atoms with Gasteiger partial charge in [0, 0.05) is 36.4 Å². The van der Waals surface area contributed by atoms with Gasteiger partial charge < -0.3 is 9.88 Å². The van der Waals surface area contributed by atoms with Crippen LogP contribution in [0.1, 0.15) is 50.2 Å². The van der Waals surface area contributed by atoms with Crippen LogP contribution >= 0.6 is 11.6 Å². The molecular formula is C17H24ClN3. The summed E-state index contributed by atoms with van der Waals surface area (Å²) >= 11 is 6.45. The zero-order chi connectivity index (χ0) is 15.2. The van der Waals surface area contributed by atoms with Crippen LogP contribution in [0.4, 0.5) is 0 Å². The lowest BCUT2D eigenvalue weighted by molar-refractivity contribution is 0.570. The molecule has 114 valence electrons. The molecule has 3 nitrogen and oxygen atoms in total. The van der Waals surface area contributed by atoms with E-state index in [9.17, 15) is 0 Å². The molecular weight excluding hydrogens is 282 g/mol. The van der Waals surface area contributed by atoms with Gasteiger partial charge in [0.2, 0.25) is 0 Å². The van der Waals surface area contributed by atoms with E-state index in [2.05, 4.69) is 53.8 Å². The van der Waals surface area contributed by atoms with Gasteiger partial charge >= 0.3 is 0 Å². The van der Waals surface area contributed by atoms with E-state index < -0.39 is 0 Å². The minimum Gasteiger partial charge on any atom is -0.335 e. The van der Waals surface area contributed by atoms with Gasteiger partial charge in [-0.3, -0.25) is 0 Å². The zero-order valence-corrected chi connectivity index (χ0v) is 13.8. The van der Waals surface area contributed by atoms with Crippen molar-refractivity contribution in [3.05, 3.63) is 52.6 Å². The first-order valence-electron chi connectivity index (χ1n) is 7.67. The van der Waals surface area contributed by atoms with Gasteiger partial charge in [-0.05, 0) is 44.0 Å². The molecule has 0 bridgehead atoms. The molecule has 2 rings (SSSR count). The molecule has 1 heterocycles. The maximum atomic E-state index is 6.45. The molecule has 1 atom stereocenters. The molecule has 0 saturated heterocycles. The number of nitrogens with zero attached hydrogens (tertiary/aromatic N) is 2. The van der Waals surface area contributed by atoms with E-state index in [0.29, 0.717) is 0 Å². The molecule has 0 amide bonds. The monoisotopic (exact) mass is 305 g/mol. The Hall–Kier alpha value is -1.32. The molecule has 0 saturated carbocycles. The number of rotatable bonds is 7. The van der Waals surface area contributed by atoms with Crippen LogP contribution in [0.3, 0.4) is 0 Å². The number of benzene rings is 1. The lowest BCUT2D eigenvalue weighted by Gasteiger charge is -2.16. The van der Waals surface area contributed by atoms with E-state index in [1.807, 2.05) is 12.4 Å². The highest BCUT2D eigenvalue weighted by Crippen LogP contribution is 2.25. The van der Waals surface area contributed by atoms with Gasteiger partial charge in [0.1, 0.15) is 5.82 Å². The standard InChI is InChI=1S/C17H24ClN3/c1-4-8-19-13(3)15-7-6-14(11-16(15)18)12-17-20-9-10-21(17)5-2/h6-7,9-11,13,19H,4-5,8,12H2,1-3H3. The van der Waals surface area contributed by atoms with Crippen molar-refractivity contribution in [3.8, 4) is 0 Å². The summed E-state index contributed by atoms with van der Waals surface area (Å²) in [7, 11) is 0. The molecule has 1 unspecified atom stereocenters. The molecule has 0 fully saturated rings. The number of imidazole rings is 1. The van der Waals surface area contributed by atoms with Crippen LogP contribution in [0.25, 0.3) is 0 Å². The van der Waals surface area contributed by atoms with Crippen molar-refractivity contribution in [3.63, 3.8) is 0 Å². The normalized spacial score (nSPS) is 12.6. The minimum atomic E-state index is 0.282. The summed E-state index contributed by atoms with van der Waals surface area (Å²) in [6.45, 7) is 8.40. The highest BCUT2D eigenvalue weighted by molar-refractivity contribution is 6.31. The van der Waals surface area contributed by atoms with E-state index in [1.165, 1.54) is 5.56 Å². The van der Waals surface area contributed by atoms with Gasteiger partial charge in [-0.15, -0.1) is 0 Å². The summed E-state index contributed by atoms with van der Waals surface area (Å²) in [5.41, 5.74) is 2.36. The average molecular weight is 306 g/mol. The van der Waals surface area contributed by atoms with Crippen LogP contribution in [-0.2, 0) is 13.0 Å². The number of hydrogen-bond acceptors (Lipinski definition) is 2. The fourth-order valence-corrected chi connectivity index (χ4v) is 2.85. The molecule has 1 N–H and O–H groups in total. The Bertz CT molecular complexity index is 577. The summed E-state index contributed by atoms with van der Waals surface area (Å²) in [6.07, 6.45) is 5.81. The molecule has 1 aromatic heterocycles. The Labute approximate surface area is 132 Å². The highest BCUT2D eigenvalue weighted by atomic mass is 35.5. The van der Waals surface area contributed by atoms with Crippen LogP contribution in [0, 0.1) is 0 Å². The molecule has 2 aromatic rings. The third-order valence-corrected chi connectivity index (χ3v) is 4.06. The first kappa shape index (κ1) is 16.1. The Morgan fingerprint density at radius 2 is 2.14 bits per heavy atom. The summed E-state index contributed by atoms with van der Waals surface area (Å²) < 4.78 is 2.16. The van der Waals surface area contributed by atoms with Gasteiger partial charge in [-0.2, -0.15) is 0 Å². The number of hydrogen-bond donors (Lipinski definition) is 1. The Morgan fingerprint density at radius 3 is 2.81 bits per heavy atom. The molecule has 0 spiro atoms. The van der Waals surface area contributed by atoms with Gasteiger partial charge in [0.15, 0.2) is 0 Å². The first-order valence-corrected chi connectivity index (χ1v) is 8.05. The Morgan fingerprint density at radius 1 is 1.33 bits per heavy atom. The first-order chi connectivity index (χ1) is 10.2. The van der Waals surface area contributed by atoms with Crippen molar-refractivity contribution < 1.29 is 0 Å². The Kier molecular flexibility index (Phi) is 5.83. The van der Waals surface area contributed by atoms with Gasteiger partial charge in [-0.25, -0.2) is 4.98 Å². The summed E-state index contributed by atoms with van der Waals surface area (Å²) in [6, 6.07) is 6.63. The van der Waals surface area contributed by atoms with Crippen molar-refractivity contribution in [1.29, 1.82) is 0 Å². The highest BCUT2D eigenvalue weighted by Gasteiger charge is 2.10. The smallest absolute Gasteiger partial charge is 0.113 e. The van der Waals surface area contributed by atoms with Crippen molar-refractivity contribution in [2.45, 2.75) is 46.2 Å². The maximum Gasteiger partial charge on any atom is 0.113 e. The SMILES string of the molecule is CCCNC(C)c1ccc(Cc2nccn2CC)cc1Cl. The van der Waals surface area contributed by atoms with Gasteiger partial charge in [0.25, 0.3) is 0 Å². The van der Waals surface area contributed by atoms with Gasteiger partial charge in [0.05, 0.1) is 0 Å². The average Bonchev–Trinajstić information content (AvgIpc) is 2.92. The molecule has 0 aliphatic rings. The molecule has 21 heavy (non-hydrogen) atoms. The molecule has 0 radical (unpaired) electrons. The lowest BCUT2D eigenvalue weighted by atomic mass is 10.0. The summed E-state index contributed by atoms with van der Waals surface area (Å²) in [4.78, 5) is 4.42.